The maximum atomic E-state index is 13.2. The highest BCUT2D eigenvalue weighted by molar-refractivity contribution is 6.04. The summed E-state index contributed by atoms with van der Waals surface area (Å²) in [6, 6.07) is 21.5. The zero-order valence-electron chi connectivity index (χ0n) is 19.2. The van der Waals surface area contributed by atoms with Crippen molar-refractivity contribution in [1.29, 1.82) is 0 Å². The van der Waals surface area contributed by atoms with Gasteiger partial charge in [0, 0.05) is 35.3 Å². The smallest absolute Gasteiger partial charge is 0.257 e. The first-order chi connectivity index (χ1) is 17.6. The minimum atomic E-state index is -0.318. The monoisotopic (exact) mass is 482 g/mol. The van der Waals surface area contributed by atoms with Crippen molar-refractivity contribution in [2.75, 3.05) is 18.7 Å². The van der Waals surface area contributed by atoms with Gasteiger partial charge in [0.05, 0.1) is 6.54 Å². The molecule has 2 aliphatic rings. The number of ether oxygens (including phenoxy) is 3. The number of carbonyl (C=O) groups is 2. The first-order valence-corrected chi connectivity index (χ1v) is 11.5. The number of carbonyl (C=O) groups excluding carboxylic acids is 2. The quantitative estimate of drug-likeness (QED) is 0.437. The van der Waals surface area contributed by atoms with Gasteiger partial charge >= 0.3 is 0 Å². The lowest BCUT2D eigenvalue weighted by Gasteiger charge is -2.27. The SMILES string of the molecule is O=C(Nc1n[nH]c2c1CN(C(=O)c1ccc3c(c1)OCO3)CC2)c1cccc(Oc2ccccc2)c1. The Kier molecular flexibility index (Phi) is 5.49. The van der Waals surface area contributed by atoms with Gasteiger partial charge in [0.2, 0.25) is 6.79 Å². The van der Waals surface area contributed by atoms with Gasteiger partial charge < -0.3 is 24.4 Å². The Morgan fingerprint density at radius 2 is 1.75 bits per heavy atom. The number of H-pyrrole nitrogens is 1. The normalized spacial score (nSPS) is 13.7. The van der Waals surface area contributed by atoms with Gasteiger partial charge in [0.1, 0.15) is 11.5 Å². The van der Waals surface area contributed by atoms with E-state index in [-0.39, 0.29) is 18.6 Å². The van der Waals surface area contributed by atoms with Gasteiger partial charge in [0.25, 0.3) is 11.8 Å². The van der Waals surface area contributed by atoms with E-state index in [0.29, 0.717) is 59.5 Å². The number of nitrogens with one attached hydrogen (secondary N) is 2. The third-order valence-corrected chi connectivity index (χ3v) is 6.15. The second-order valence-electron chi connectivity index (χ2n) is 8.47. The fraction of sp³-hybridized carbons (Fsp3) is 0.148. The second kappa shape index (κ2) is 9.10. The van der Waals surface area contributed by atoms with Crippen molar-refractivity contribution in [2.24, 2.45) is 0 Å². The number of hydrogen-bond donors (Lipinski definition) is 2. The molecule has 3 aromatic carbocycles. The number of aromatic amines is 1. The molecule has 9 nitrogen and oxygen atoms in total. The molecule has 0 unspecified atom stereocenters. The summed E-state index contributed by atoms with van der Waals surface area (Å²) in [5.41, 5.74) is 2.65. The summed E-state index contributed by atoms with van der Waals surface area (Å²) < 4.78 is 16.6. The molecule has 6 rings (SSSR count). The van der Waals surface area contributed by atoms with Gasteiger partial charge in [-0.3, -0.25) is 14.7 Å². The Hall–Kier alpha value is -4.79. The molecule has 2 amide bonds. The molecule has 3 heterocycles. The lowest BCUT2D eigenvalue weighted by molar-refractivity contribution is 0.0734. The molecule has 0 bridgehead atoms. The average Bonchev–Trinajstić information content (AvgIpc) is 3.55. The molecule has 0 atom stereocenters. The van der Waals surface area contributed by atoms with Crippen LogP contribution in [-0.2, 0) is 13.0 Å². The first kappa shape index (κ1) is 21.7. The topological polar surface area (TPSA) is 106 Å². The maximum Gasteiger partial charge on any atom is 0.257 e. The number of rotatable bonds is 5. The van der Waals surface area contributed by atoms with Crippen LogP contribution in [0.4, 0.5) is 5.82 Å². The number of fused-ring (bicyclic) bond motifs is 2. The van der Waals surface area contributed by atoms with Crippen molar-refractivity contribution < 1.29 is 23.8 Å². The lowest BCUT2D eigenvalue weighted by Crippen LogP contribution is -2.36. The minimum absolute atomic E-state index is 0.122. The van der Waals surface area contributed by atoms with Crippen LogP contribution >= 0.6 is 0 Å². The lowest BCUT2D eigenvalue weighted by atomic mass is 10.1. The number of aromatic nitrogens is 2. The first-order valence-electron chi connectivity index (χ1n) is 11.5. The van der Waals surface area contributed by atoms with E-state index in [9.17, 15) is 9.59 Å². The zero-order chi connectivity index (χ0) is 24.5. The van der Waals surface area contributed by atoms with Crippen molar-refractivity contribution in [3.05, 3.63) is 95.2 Å². The van der Waals surface area contributed by atoms with E-state index >= 15 is 0 Å². The Bertz CT molecular complexity index is 1450. The van der Waals surface area contributed by atoms with Crippen LogP contribution in [0.5, 0.6) is 23.0 Å². The van der Waals surface area contributed by atoms with Gasteiger partial charge in [-0.1, -0.05) is 24.3 Å². The fourth-order valence-electron chi connectivity index (χ4n) is 4.29. The maximum absolute atomic E-state index is 13.2. The number of anilines is 1. The number of hydrogen-bond acceptors (Lipinski definition) is 6. The van der Waals surface area contributed by atoms with Crippen molar-refractivity contribution in [3.8, 4) is 23.0 Å². The molecule has 0 aliphatic carbocycles. The average molecular weight is 482 g/mol. The van der Waals surface area contributed by atoms with E-state index in [4.69, 9.17) is 14.2 Å². The predicted octanol–water partition coefficient (Wildman–Crippen LogP) is 4.38. The highest BCUT2D eigenvalue weighted by Gasteiger charge is 2.28. The molecule has 0 saturated heterocycles. The van der Waals surface area contributed by atoms with E-state index < -0.39 is 0 Å². The zero-order valence-corrected chi connectivity index (χ0v) is 19.2. The standard InChI is InChI=1S/C27H22N4O5/c32-26(17-5-4-8-20(13-17)36-19-6-2-1-3-7-19)28-25-21-15-31(12-11-22(21)29-30-25)27(33)18-9-10-23-24(14-18)35-16-34-23/h1-10,13-14H,11-12,15-16H2,(H2,28,29,30,32). The summed E-state index contributed by atoms with van der Waals surface area (Å²) in [6.07, 6.45) is 0.606. The van der Waals surface area contributed by atoms with Crippen molar-refractivity contribution in [1.82, 2.24) is 15.1 Å². The van der Waals surface area contributed by atoms with Crippen LogP contribution in [0.25, 0.3) is 0 Å². The van der Waals surface area contributed by atoms with Gasteiger partial charge in [-0.2, -0.15) is 5.10 Å². The highest BCUT2D eigenvalue weighted by Crippen LogP contribution is 2.33. The summed E-state index contributed by atoms with van der Waals surface area (Å²) in [5, 5.41) is 10.2. The molecular weight excluding hydrogens is 460 g/mol. The fourth-order valence-corrected chi connectivity index (χ4v) is 4.29. The summed E-state index contributed by atoms with van der Waals surface area (Å²) in [4.78, 5) is 27.9. The Labute approximate surface area is 206 Å². The molecular formula is C27H22N4O5. The summed E-state index contributed by atoms with van der Waals surface area (Å²) in [5.74, 6) is 2.40. The summed E-state index contributed by atoms with van der Waals surface area (Å²) in [6.45, 7) is 1.01. The van der Waals surface area contributed by atoms with Crippen LogP contribution in [0.15, 0.2) is 72.8 Å². The van der Waals surface area contributed by atoms with E-state index in [0.717, 1.165) is 11.3 Å². The largest absolute Gasteiger partial charge is 0.457 e. The molecule has 36 heavy (non-hydrogen) atoms. The van der Waals surface area contributed by atoms with E-state index in [1.807, 2.05) is 30.3 Å². The molecule has 9 heteroatoms. The van der Waals surface area contributed by atoms with Crippen molar-refractivity contribution in [3.63, 3.8) is 0 Å². The number of para-hydroxylation sites is 1. The van der Waals surface area contributed by atoms with Gasteiger partial charge in [0.15, 0.2) is 17.3 Å². The molecule has 2 aliphatic heterocycles. The Morgan fingerprint density at radius 3 is 2.64 bits per heavy atom. The molecule has 4 aromatic rings. The predicted molar refractivity (Wildman–Crippen MR) is 131 cm³/mol. The molecule has 2 N–H and O–H groups in total. The van der Waals surface area contributed by atoms with Gasteiger partial charge in [-0.15, -0.1) is 0 Å². The third kappa shape index (κ3) is 4.22. The van der Waals surface area contributed by atoms with Crippen LogP contribution in [-0.4, -0.2) is 40.2 Å². The Morgan fingerprint density at radius 1 is 0.917 bits per heavy atom. The van der Waals surface area contributed by atoms with E-state index in [1.165, 1.54) is 0 Å². The molecule has 180 valence electrons. The van der Waals surface area contributed by atoms with Gasteiger partial charge in [-0.05, 0) is 48.5 Å². The molecule has 1 aromatic heterocycles. The molecule has 0 radical (unpaired) electrons. The number of amides is 2. The summed E-state index contributed by atoms with van der Waals surface area (Å²) in [7, 11) is 0. The van der Waals surface area contributed by atoms with Crippen LogP contribution in [0.2, 0.25) is 0 Å². The van der Waals surface area contributed by atoms with Crippen LogP contribution in [0, 0.1) is 0 Å². The number of nitrogens with zero attached hydrogens (tertiary/aromatic N) is 2. The molecule has 0 saturated carbocycles. The Balaban J connectivity index is 1.17. The molecule has 0 fully saturated rings. The summed E-state index contributed by atoms with van der Waals surface area (Å²) >= 11 is 0. The van der Waals surface area contributed by atoms with Crippen molar-refractivity contribution >= 4 is 17.6 Å². The van der Waals surface area contributed by atoms with Crippen LogP contribution in [0.1, 0.15) is 32.0 Å². The third-order valence-electron chi connectivity index (χ3n) is 6.15. The van der Waals surface area contributed by atoms with Gasteiger partial charge in [-0.25, -0.2) is 0 Å². The van der Waals surface area contributed by atoms with Crippen LogP contribution < -0.4 is 19.5 Å². The van der Waals surface area contributed by atoms with Crippen LogP contribution in [0.3, 0.4) is 0 Å². The molecule has 0 spiro atoms. The van der Waals surface area contributed by atoms with E-state index in [2.05, 4.69) is 15.5 Å². The van der Waals surface area contributed by atoms with E-state index in [1.54, 1.807) is 47.4 Å². The van der Waals surface area contributed by atoms with Crippen molar-refractivity contribution in [2.45, 2.75) is 13.0 Å². The second-order valence-corrected chi connectivity index (χ2v) is 8.47. The number of benzene rings is 3. The minimum Gasteiger partial charge on any atom is -0.457 e. The highest BCUT2D eigenvalue weighted by atomic mass is 16.7.